The minimum Gasteiger partial charge on any atom is -0.464 e. The SMILES string of the molecule is C=[N+](Nc1[nH]cc2c1C(C)=c1ccccc1=NC2C(=O)OCC)C(C)CC. The molecule has 27 heavy (non-hydrogen) atoms. The van der Waals surface area contributed by atoms with Crippen LogP contribution in [0.15, 0.2) is 35.5 Å². The van der Waals surface area contributed by atoms with E-state index in [-0.39, 0.29) is 12.0 Å². The molecule has 1 aromatic heterocycles. The van der Waals surface area contributed by atoms with Crippen molar-refractivity contribution in [3.05, 3.63) is 52.2 Å². The van der Waals surface area contributed by atoms with Gasteiger partial charge in [0.05, 0.1) is 12.0 Å². The third-order valence-corrected chi connectivity index (χ3v) is 5.04. The summed E-state index contributed by atoms with van der Waals surface area (Å²) in [7, 11) is 0. The van der Waals surface area contributed by atoms with Gasteiger partial charge < -0.3 is 9.72 Å². The average molecular weight is 367 g/mol. The van der Waals surface area contributed by atoms with Crippen molar-refractivity contribution in [1.29, 1.82) is 0 Å². The molecule has 0 fully saturated rings. The molecule has 2 unspecified atom stereocenters. The zero-order valence-electron chi connectivity index (χ0n) is 16.4. The maximum Gasteiger partial charge on any atom is 0.335 e. The number of aromatic nitrogens is 1. The van der Waals surface area contributed by atoms with Crippen LogP contribution >= 0.6 is 0 Å². The van der Waals surface area contributed by atoms with Gasteiger partial charge in [0, 0.05) is 35.9 Å². The van der Waals surface area contributed by atoms with Gasteiger partial charge in [-0.3, -0.25) is 4.99 Å². The Hall–Kier alpha value is -2.89. The molecule has 0 amide bonds. The summed E-state index contributed by atoms with van der Waals surface area (Å²) in [5, 5.41) is 1.80. The second kappa shape index (κ2) is 7.78. The number of para-hydroxylation sites is 1. The summed E-state index contributed by atoms with van der Waals surface area (Å²) in [5.41, 5.74) is 6.14. The van der Waals surface area contributed by atoms with Crippen molar-refractivity contribution < 1.29 is 14.2 Å². The fourth-order valence-corrected chi connectivity index (χ4v) is 3.27. The molecule has 2 atom stereocenters. The maximum atomic E-state index is 12.6. The number of esters is 1. The van der Waals surface area contributed by atoms with Crippen molar-refractivity contribution >= 4 is 24.1 Å². The van der Waals surface area contributed by atoms with E-state index in [9.17, 15) is 4.79 Å². The normalized spacial score (nSPS) is 16.4. The van der Waals surface area contributed by atoms with Crippen LogP contribution in [0.25, 0.3) is 5.57 Å². The molecule has 0 saturated carbocycles. The highest BCUT2D eigenvalue weighted by molar-refractivity contribution is 5.85. The molecule has 0 saturated heterocycles. The quantitative estimate of drug-likeness (QED) is 0.356. The van der Waals surface area contributed by atoms with Gasteiger partial charge in [0.25, 0.3) is 0 Å². The van der Waals surface area contributed by atoms with Crippen LogP contribution in [-0.2, 0) is 9.53 Å². The van der Waals surface area contributed by atoms with Gasteiger partial charge in [-0.05, 0) is 25.5 Å². The predicted molar refractivity (Wildman–Crippen MR) is 106 cm³/mol. The number of carbonyl (C=O) groups excluding carboxylic acids is 1. The lowest BCUT2D eigenvalue weighted by atomic mass is 9.99. The van der Waals surface area contributed by atoms with Crippen LogP contribution in [0, 0.1) is 0 Å². The van der Waals surface area contributed by atoms with Crippen LogP contribution in [0.4, 0.5) is 5.82 Å². The maximum absolute atomic E-state index is 12.6. The van der Waals surface area contributed by atoms with E-state index >= 15 is 0 Å². The zero-order chi connectivity index (χ0) is 19.6. The molecule has 1 aromatic carbocycles. The number of anilines is 1. The first-order valence-corrected chi connectivity index (χ1v) is 9.36. The van der Waals surface area contributed by atoms with Crippen molar-refractivity contribution in [2.75, 3.05) is 12.0 Å². The number of carbonyl (C=O) groups is 1. The second-order valence-corrected chi connectivity index (χ2v) is 6.76. The minimum absolute atomic E-state index is 0.257. The largest absolute Gasteiger partial charge is 0.464 e. The Labute approximate surface area is 159 Å². The summed E-state index contributed by atoms with van der Waals surface area (Å²) in [6.07, 6.45) is 2.80. The zero-order valence-corrected chi connectivity index (χ0v) is 16.4. The van der Waals surface area contributed by atoms with E-state index in [0.29, 0.717) is 6.61 Å². The van der Waals surface area contributed by atoms with E-state index in [1.54, 1.807) is 6.92 Å². The van der Waals surface area contributed by atoms with Gasteiger partial charge in [-0.25, -0.2) is 4.79 Å². The van der Waals surface area contributed by atoms with Gasteiger partial charge >= 0.3 is 5.97 Å². The molecule has 6 nitrogen and oxygen atoms in total. The number of fused-ring (bicyclic) bond motifs is 2. The number of nitrogens with one attached hydrogen (secondary N) is 2. The molecular weight excluding hydrogens is 340 g/mol. The summed E-state index contributed by atoms with van der Waals surface area (Å²) in [5.74, 6) is 0.459. The summed E-state index contributed by atoms with van der Waals surface area (Å²) in [4.78, 5) is 20.6. The highest BCUT2D eigenvalue weighted by Gasteiger charge is 2.30. The summed E-state index contributed by atoms with van der Waals surface area (Å²) in [6.45, 7) is 12.5. The number of hydrazine groups is 1. The van der Waals surface area contributed by atoms with Crippen LogP contribution in [-0.4, -0.2) is 35.0 Å². The van der Waals surface area contributed by atoms with E-state index in [0.717, 1.165) is 39.5 Å². The van der Waals surface area contributed by atoms with Crippen molar-refractivity contribution in [3.8, 4) is 0 Å². The van der Waals surface area contributed by atoms with E-state index in [2.05, 4.69) is 37.9 Å². The fraction of sp³-hybridized carbons (Fsp3) is 0.381. The number of ether oxygens (including phenoxy) is 1. The summed E-state index contributed by atoms with van der Waals surface area (Å²) in [6, 6.07) is 7.42. The van der Waals surface area contributed by atoms with Gasteiger partial charge in [0.1, 0.15) is 0 Å². The first kappa shape index (κ1) is 18.9. The molecule has 6 heteroatoms. The number of rotatable bonds is 6. The number of hydrazone groups is 1. The van der Waals surface area contributed by atoms with Crippen molar-refractivity contribution in [2.45, 2.75) is 46.2 Å². The molecule has 1 aliphatic heterocycles. The molecule has 2 aromatic rings. The Morgan fingerprint density at radius 2 is 2.15 bits per heavy atom. The number of aromatic amines is 1. The smallest absolute Gasteiger partial charge is 0.335 e. The minimum atomic E-state index is -0.702. The average Bonchev–Trinajstić information content (AvgIpc) is 3.02. The van der Waals surface area contributed by atoms with E-state index in [1.165, 1.54) is 0 Å². The fourth-order valence-electron chi connectivity index (χ4n) is 3.27. The van der Waals surface area contributed by atoms with Gasteiger partial charge in [-0.15, -0.1) is 10.1 Å². The van der Waals surface area contributed by atoms with Crippen LogP contribution in [0.3, 0.4) is 0 Å². The lowest BCUT2D eigenvalue weighted by molar-refractivity contribution is -0.525. The molecule has 0 spiro atoms. The van der Waals surface area contributed by atoms with Gasteiger partial charge in [-0.2, -0.15) is 0 Å². The third kappa shape index (κ3) is 3.52. The molecule has 3 rings (SSSR count). The van der Waals surface area contributed by atoms with Gasteiger partial charge in [0.15, 0.2) is 24.6 Å². The molecule has 0 radical (unpaired) electrons. The van der Waals surface area contributed by atoms with Crippen LogP contribution in [0.2, 0.25) is 0 Å². The topological polar surface area (TPSA) is 69.5 Å². The Kier molecular flexibility index (Phi) is 5.44. The van der Waals surface area contributed by atoms with Crippen LogP contribution < -0.4 is 16.0 Å². The van der Waals surface area contributed by atoms with Crippen molar-refractivity contribution in [1.82, 2.24) is 4.98 Å². The molecule has 2 heterocycles. The number of H-pyrrole nitrogens is 1. The van der Waals surface area contributed by atoms with Gasteiger partial charge in [0.2, 0.25) is 0 Å². The first-order valence-electron chi connectivity index (χ1n) is 9.36. The number of hydrogen-bond donors (Lipinski definition) is 2. The number of hydrogen-bond acceptors (Lipinski definition) is 4. The standard InChI is InChI=1S/C21H27N4O2/c1-6-13(3)25(5)24-20-18-14(4)15-10-8-9-11-17(15)23-19(16(18)12-22-20)21(26)27-7-2/h8-13,19,22,24H,5-7H2,1-4H3/q+1. The Bertz CT molecular complexity index is 990. The van der Waals surface area contributed by atoms with Crippen molar-refractivity contribution in [2.24, 2.45) is 4.99 Å². The Morgan fingerprint density at radius 1 is 1.41 bits per heavy atom. The first-order chi connectivity index (χ1) is 13.0. The Morgan fingerprint density at radius 3 is 2.85 bits per heavy atom. The predicted octanol–water partition coefficient (Wildman–Crippen LogP) is 2.31. The molecular formula is C21H27N4O2+. The summed E-state index contributed by atoms with van der Waals surface area (Å²) >= 11 is 0. The Balaban J connectivity index is 2.19. The van der Waals surface area contributed by atoms with Crippen LogP contribution in [0.5, 0.6) is 0 Å². The highest BCUT2D eigenvalue weighted by atomic mass is 16.5. The molecule has 1 aliphatic rings. The second-order valence-electron chi connectivity index (χ2n) is 6.76. The monoisotopic (exact) mass is 367 g/mol. The van der Waals surface area contributed by atoms with E-state index in [1.807, 2.05) is 35.1 Å². The van der Waals surface area contributed by atoms with E-state index in [4.69, 9.17) is 9.73 Å². The third-order valence-electron chi connectivity index (χ3n) is 5.04. The summed E-state index contributed by atoms with van der Waals surface area (Å²) < 4.78 is 7.12. The van der Waals surface area contributed by atoms with E-state index < -0.39 is 6.04 Å². The highest BCUT2D eigenvalue weighted by Crippen LogP contribution is 2.33. The molecule has 0 aliphatic carbocycles. The number of nitrogens with zero attached hydrogens (tertiary/aromatic N) is 2. The molecule has 142 valence electrons. The van der Waals surface area contributed by atoms with Crippen molar-refractivity contribution in [3.63, 3.8) is 0 Å². The molecule has 0 bridgehead atoms. The lowest BCUT2D eigenvalue weighted by Crippen LogP contribution is -2.28. The lowest BCUT2D eigenvalue weighted by Gasteiger charge is -2.13. The molecule has 2 N–H and O–H groups in total. The number of benzene rings is 1. The van der Waals surface area contributed by atoms with Gasteiger partial charge in [-0.1, -0.05) is 25.1 Å². The van der Waals surface area contributed by atoms with Crippen LogP contribution in [0.1, 0.15) is 51.3 Å².